The van der Waals surface area contributed by atoms with Crippen molar-refractivity contribution in [2.45, 2.75) is 88.9 Å². The predicted octanol–water partition coefficient (Wildman–Crippen LogP) is 4.13. The Morgan fingerprint density at radius 2 is 1.21 bits per heavy atom. The molecule has 362 valence electrons. The minimum Gasteiger partial charge on any atom is -0.497 e. The van der Waals surface area contributed by atoms with Crippen molar-refractivity contribution in [3.05, 3.63) is 161 Å². The lowest BCUT2D eigenvalue weighted by atomic mass is 9.80. The van der Waals surface area contributed by atoms with Gasteiger partial charge in [0.15, 0.2) is 0 Å². The van der Waals surface area contributed by atoms with Gasteiger partial charge in [-0.2, -0.15) is 0 Å². The summed E-state index contributed by atoms with van der Waals surface area (Å²) in [4.78, 5) is 79.6. The lowest BCUT2D eigenvalue weighted by Gasteiger charge is -2.37. The number of aryl methyl sites for hydroxylation is 2. The van der Waals surface area contributed by atoms with E-state index in [-0.39, 0.29) is 49.2 Å². The number of Topliss-reactive ketones (excluding diaryl/α,β-unsaturated/α-hetero) is 1. The van der Waals surface area contributed by atoms with Crippen LogP contribution in [0.4, 0.5) is 0 Å². The fourth-order valence-corrected chi connectivity index (χ4v) is 9.38. The molecular weight excluding hydrogens is 908 g/mol. The van der Waals surface area contributed by atoms with Crippen LogP contribution in [0.1, 0.15) is 72.9 Å². The van der Waals surface area contributed by atoms with Gasteiger partial charge in [0.2, 0.25) is 0 Å². The van der Waals surface area contributed by atoms with Crippen LogP contribution in [0, 0.1) is 13.8 Å². The van der Waals surface area contributed by atoms with E-state index in [4.69, 9.17) is 37.5 Å². The smallest absolute Gasteiger partial charge is 0.356 e. The summed E-state index contributed by atoms with van der Waals surface area (Å²) in [6, 6.07) is 24.0. The van der Waals surface area contributed by atoms with Gasteiger partial charge in [-0.05, 0) is 61.7 Å². The summed E-state index contributed by atoms with van der Waals surface area (Å²) in [5.74, 6) is 0.206. The molecule has 0 amide bonds. The van der Waals surface area contributed by atoms with Crippen molar-refractivity contribution in [2.75, 3.05) is 33.8 Å². The van der Waals surface area contributed by atoms with Gasteiger partial charge in [0.05, 0.1) is 33.9 Å². The van der Waals surface area contributed by atoms with Gasteiger partial charge in [0.25, 0.3) is 11.1 Å². The Labute approximate surface area is 389 Å². The maximum atomic E-state index is 14.6. The molecule has 0 spiro atoms. The standard InChI is InChI=1S/C47H53N4O16P/c1-28-23-50(45(57)48-43(28)55)40-21-36(66-42(54)20-11-30(3)53)39(65-40)26-63-68(59,27-52)67-37-22-41(51-24-29(2)44(56)49-46(51)58)64-38(37)25-62-47(31-9-7-6-8-10-31,32-12-16-34(60-4)17-13-32)33-14-18-35(61-5)19-15-33/h6-10,12-19,23-24,36-41,52H,11,20-22,25-27H2,1-5H3,(H,48,55,57)(H,49,56,58)/t36-,37-,38+,39+,40-,41-,68?/m0/s1. The number of ketones is 1. The fourth-order valence-electron chi connectivity index (χ4n) is 8.16. The third kappa shape index (κ3) is 11.0. The summed E-state index contributed by atoms with van der Waals surface area (Å²) in [6.45, 7) is 3.45. The predicted molar refractivity (Wildman–Crippen MR) is 243 cm³/mol. The molecule has 1 unspecified atom stereocenters. The minimum absolute atomic E-state index is 0.0874. The van der Waals surface area contributed by atoms with Crippen molar-refractivity contribution in [2.24, 2.45) is 0 Å². The summed E-state index contributed by atoms with van der Waals surface area (Å²) in [7, 11) is -1.47. The molecule has 0 bridgehead atoms. The number of benzene rings is 3. The normalized spacial score (nSPS) is 21.3. The summed E-state index contributed by atoms with van der Waals surface area (Å²) < 4.78 is 65.3. The number of aromatic amines is 2. The molecule has 2 saturated heterocycles. The van der Waals surface area contributed by atoms with E-state index in [1.54, 1.807) is 38.5 Å². The van der Waals surface area contributed by atoms with E-state index in [9.17, 15) is 38.4 Å². The monoisotopic (exact) mass is 960 g/mol. The zero-order valence-corrected chi connectivity index (χ0v) is 38.9. The van der Waals surface area contributed by atoms with E-state index < -0.39 is 91.5 Å². The largest absolute Gasteiger partial charge is 0.497 e. The molecule has 2 aliphatic rings. The van der Waals surface area contributed by atoms with E-state index in [0.717, 1.165) is 4.57 Å². The first-order valence-electron chi connectivity index (χ1n) is 21.7. The second kappa shape index (κ2) is 21.4. The number of H-pyrrole nitrogens is 2. The van der Waals surface area contributed by atoms with Gasteiger partial charge < -0.3 is 47.4 Å². The van der Waals surface area contributed by atoms with Gasteiger partial charge in [-0.1, -0.05) is 54.6 Å². The molecule has 2 fully saturated rings. The van der Waals surface area contributed by atoms with E-state index in [1.807, 2.05) is 54.6 Å². The van der Waals surface area contributed by atoms with Gasteiger partial charge >= 0.3 is 24.9 Å². The Balaban J connectivity index is 1.21. The number of esters is 1. The Morgan fingerprint density at radius 1 is 0.721 bits per heavy atom. The summed E-state index contributed by atoms with van der Waals surface area (Å²) >= 11 is 0. The summed E-state index contributed by atoms with van der Waals surface area (Å²) in [5, 5.41) is 10.7. The molecule has 4 heterocycles. The number of methoxy groups -OCH3 is 2. The van der Waals surface area contributed by atoms with E-state index in [0.29, 0.717) is 28.2 Å². The Morgan fingerprint density at radius 3 is 1.69 bits per heavy atom. The van der Waals surface area contributed by atoms with Gasteiger partial charge in [-0.3, -0.25) is 38.1 Å². The highest BCUT2D eigenvalue weighted by Crippen LogP contribution is 2.52. The molecule has 20 nitrogen and oxygen atoms in total. The average molecular weight is 961 g/mol. The quantitative estimate of drug-likeness (QED) is 0.0563. The van der Waals surface area contributed by atoms with Crippen LogP contribution in [0.2, 0.25) is 0 Å². The molecular formula is C47H53N4O16P. The molecule has 21 heteroatoms. The number of nitrogens with one attached hydrogen (secondary N) is 2. The maximum Gasteiger partial charge on any atom is 0.356 e. The Hall–Kier alpha value is -6.25. The summed E-state index contributed by atoms with van der Waals surface area (Å²) in [5.41, 5.74) is -1.64. The zero-order valence-electron chi connectivity index (χ0n) is 38.0. The first kappa shape index (κ1) is 49.6. The molecule has 3 aromatic carbocycles. The second-order valence-electron chi connectivity index (χ2n) is 16.4. The molecule has 2 aromatic heterocycles. The van der Waals surface area contributed by atoms with E-state index >= 15 is 0 Å². The summed E-state index contributed by atoms with van der Waals surface area (Å²) in [6.07, 6.45) is -5.95. The fraction of sp³-hybridized carbons (Fsp3) is 0.404. The highest BCUT2D eigenvalue weighted by atomic mass is 31.2. The SMILES string of the molecule is COc1ccc(C(OC[C@H]2O[C@H](n3cc(C)c(=O)[nH]c3=O)C[C@@H]2OP(=O)(CO)OC[C@H]2O[C@H](n3cc(C)c(=O)[nH]c3=O)C[C@@H]2OC(=O)CCC(C)=O)(c2ccccc2)c2ccc(OC)cc2)cc1. The van der Waals surface area contributed by atoms with Crippen molar-refractivity contribution >= 4 is 19.3 Å². The van der Waals surface area contributed by atoms with Gasteiger partial charge in [-0.25, -0.2) is 9.59 Å². The number of nitrogens with zero attached hydrogens (tertiary/aromatic N) is 2. The van der Waals surface area contributed by atoms with Gasteiger partial charge in [0.1, 0.15) is 66.1 Å². The molecule has 7 atom stereocenters. The first-order valence-corrected chi connectivity index (χ1v) is 23.4. The number of aromatic nitrogens is 4. The molecule has 0 saturated carbocycles. The first-order chi connectivity index (χ1) is 32.6. The highest BCUT2D eigenvalue weighted by Gasteiger charge is 2.47. The van der Waals surface area contributed by atoms with Crippen molar-refractivity contribution in [3.8, 4) is 11.5 Å². The van der Waals surface area contributed by atoms with Crippen LogP contribution in [-0.2, 0) is 47.8 Å². The molecule has 2 aliphatic heterocycles. The van der Waals surface area contributed by atoms with Crippen molar-refractivity contribution < 1.29 is 56.7 Å². The maximum absolute atomic E-state index is 14.6. The number of aliphatic hydroxyl groups excluding tert-OH is 1. The van der Waals surface area contributed by atoms with Gasteiger partial charge in [0, 0.05) is 42.8 Å². The number of carbonyl (C=O) groups is 2. The van der Waals surface area contributed by atoms with Crippen LogP contribution in [0.3, 0.4) is 0 Å². The zero-order chi connectivity index (χ0) is 48.8. The Kier molecular flexibility index (Phi) is 15.6. The van der Waals surface area contributed by atoms with Crippen molar-refractivity contribution in [3.63, 3.8) is 0 Å². The number of rotatable bonds is 20. The second-order valence-corrected chi connectivity index (χ2v) is 18.4. The molecule has 5 aromatic rings. The molecule has 0 aliphatic carbocycles. The van der Waals surface area contributed by atoms with Crippen molar-refractivity contribution in [1.29, 1.82) is 0 Å². The number of hydrogen-bond donors (Lipinski definition) is 3. The van der Waals surface area contributed by atoms with Crippen LogP contribution in [-0.4, -0.2) is 94.2 Å². The molecule has 68 heavy (non-hydrogen) atoms. The van der Waals surface area contributed by atoms with E-state index in [2.05, 4.69) is 9.97 Å². The Bertz CT molecular complexity index is 2810. The lowest BCUT2D eigenvalue weighted by Crippen LogP contribution is -2.38. The highest BCUT2D eigenvalue weighted by molar-refractivity contribution is 7.53. The van der Waals surface area contributed by atoms with E-state index in [1.165, 1.54) is 37.7 Å². The minimum atomic E-state index is -4.58. The molecule has 0 radical (unpaired) electrons. The number of ether oxygens (including phenoxy) is 6. The molecule has 7 rings (SSSR count). The third-order valence-electron chi connectivity index (χ3n) is 11.8. The number of aliphatic hydroxyl groups is 1. The number of carbonyl (C=O) groups excluding carboxylic acids is 2. The third-order valence-corrected chi connectivity index (χ3v) is 13.3. The van der Waals surface area contributed by atoms with Crippen molar-refractivity contribution in [1.82, 2.24) is 19.1 Å². The lowest BCUT2D eigenvalue weighted by molar-refractivity contribution is -0.153. The van der Waals surface area contributed by atoms with Crippen LogP contribution in [0.5, 0.6) is 11.5 Å². The topological polar surface area (TPSA) is 255 Å². The van der Waals surface area contributed by atoms with Gasteiger partial charge in [-0.15, -0.1) is 0 Å². The van der Waals surface area contributed by atoms with Crippen LogP contribution in [0.15, 0.2) is 110 Å². The number of hydrogen-bond acceptors (Lipinski definition) is 16. The average Bonchev–Trinajstić information content (AvgIpc) is 3.93. The van der Waals surface area contributed by atoms with Crippen LogP contribution in [0.25, 0.3) is 0 Å². The van der Waals surface area contributed by atoms with Crippen LogP contribution < -0.4 is 32.0 Å². The molecule has 3 N–H and O–H groups in total. The van der Waals surface area contributed by atoms with Crippen LogP contribution >= 0.6 is 7.60 Å².